The predicted molar refractivity (Wildman–Crippen MR) is 86.0 cm³/mol. The van der Waals surface area contributed by atoms with Gasteiger partial charge in [-0.25, -0.2) is 13.1 Å². The van der Waals surface area contributed by atoms with E-state index in [-0.39, 0.29) is 4.90 Å². The summed E-state index contributed by atoms with van der Waals surface area (Å²) in [6.45, 7) is 4.92. The first-order chi connectivity index (χ1) is 10.1. The number of hydrogen-bond acceptors (Lipinski definition) is 5. The molecule has 1 saturated heterocycles. The standard InChI is InChI=1S/C13H24N4O2S2/c1-2-14-5-6-17-11-13(10-15-17)21(18,19)16-9-12-3-7-20-8-4-12/h10-12,14,16H,2-9H2,1H3. The Kier molecular flexibility index (Phi) is 6.53. The van der Waals surface area contributed by atoms with Gasteiger partial charge in [0, 0.05) is 19.3 Å². The highest BCUT2D eigenvalue weighted by molar-refractivity contribution is 7.99. The van der Waals surface area contributed by atoms with E-state index in [1.165, 1.54) is 6.20 Å². The fourth-order valence-electron chi connectivity index (χ4n) is 2.24. The molecule has 2 N–H and O–H groups in total. The van der Waals surface area contributed by atoms with Gasteiger partial charge in [-0.05, 0) is 36.8 Å². The van der Waals surface area contributed by atoms with Crippen LogP contribution in [0.2, 0.25) is 0 Å². The Balaban J connectivity index is 1.86. The van der Waals surface area contributed by atoms with Gasteiger partial charge < -0.3 is 5.32 Å². The van der Waals surface area contributed by atoms with E-state index in [2.05, 4.69) is 15.1 Å². The van der Waals surface area contributed by atoms with Gasteiger partial charge in [-0.3, -0.25) is 4.68 Å². The van der Waals surface area contributed by atoms with E-state index in [0.29, 0.717) is 19.0 Å². The average molecular weight is 332 g/mol. The first-order valence-corrected chi connectivity index (χ1v) is 10.1. The van der Waals surface area contributed by atoms with Gasteiger partial charge in [-0.2, -0.15) is 16.9 Å². The number of nitrogens with zero attached hydrogens (tertiary/aromatic N) is 2. The number of rotatable bonds is 8. The van der Waals surface area contributed by atoms with E-state index >= 15 is 0 Å². The Bertz CT molecular complexity index is 524. The molecule has 0 unspecified atom stereocenters. The Hall–Kier alpha value is -0.570. The van der Waals surface area contributed by atoms with E-state index in [4.69, 9.17) is 0 Å². The minimum absolute atomic E-state index is 0.254. The molecule has 0 saturated carbocycles. The van der Waals surface area contributed by atoms with E-state index in [1.807, 2.05) is 18.7 Å². The molecule has 120 valence electrons. The van der Waals surface area contributed by atoms with E-state index in [0.717, 1.165) is 37.4 Å². The van der Waals surface area contributed by atoms with Gasteiger partial charge in [0.2, 0.25) is 10.0 Å². The van der Waals surface area contributed by atoms with Crippen LogP contribution in [0.3, 0.4) is 0 Å². The number of thioether (sulfide) groups is 1. The lowest BCUT2D eigenvalue weighted by Crippen LogP contribution is -2.30. The maximum atomic E-state index is 12.2. The summed E-state index contributed by atoms with van der Waals surface area (Å²) in [4.78, 5) is 0.254. The van der Waals surface area contributed by atoms with Crippen molar-refractivity contribution in [1.82, 2.24) is 19.8 Å². The lowest BCUT2D eigenvalue weighted by atomic mass is 10.0. The van der Waals surface area contributed by atoms with Crippen LogP contribution in [0.1, 0.15) is 19.8 Å². The van der Waals surface area contributed by atoms with Gasteiger partial charge in [0.25, 0.3) is 0 Å². The molecule has 0 amide bonds. The monoisotopic (exact) mass is 332 g/mol. The quantitative estimate of drug-likeness (QED) is 0.692. The highest BCUT2D eigenvalue weighted by Gasteiger charge is 2.20. The maximum Gasteiger partial charge on any atom is 0.243 e. The largest absolute Gasteiger partial charge is 0.315 e. The second-order valence-electron chi connectivity index (χ2n) is 5.20. The van der Waals surface area contributed by atoms with Gasteiger partial charge in [0.05, 0.1) is 12.7 Å². The van der Waals surface area contributed by atoms with Crippen LogP contribution in [0.4, 0.5) is 0 Å². The van der Waals surface area contributed by atoms with Crippen LogP contribution >= 0.6 is 11.8 Å². The lowest BCUT2D eigenvalue weighted by Gasteiger charge is -2.21. The Morgan fingerprint density at radius 2 is 2.19 bits per heavy atom. The topological polar surface area (TPSA) is 76.0 Å². The number of likely N-dealkylation sites (N-methyl/N-ethyl adjacent to an activating group) is 1. The summed E-state index contributed by atoms with van der Waals surface area (Å²) in [7, 11) is -3.43. The smallest absolute Gasteiger partial charge is 0.243 e. The van der Waals surface area contributed by atoms with E-state index in [1.54, 1.807) is 10.9 Å². The summed E-state index contributed by atoms with van der Waals surface area (Å²) in [5, 5.41) is 7.29. The Labute approximate surface area is 131 Å². The van der Waals surface area contributed by atoms with Gasteiger partial charge >= 0.3 is 0 Å². The second kappa shape index (κ2) is 8.17. The zero-order valence-electron chi connectivity index (χ0n) is 12.4. The summed E-state index contributed by atoms with van der Waals surface area (Å²) in [6.07, 6.45) is 5.20. The zero-order chi connectivity index (χ0) is 15.1. The molecule has 21 heavy (non-hydrogen) atoms. The van der Waals surface area contributed by atoms with Crippen molar-refractivity contribution in [3.63, 3.8) is 0 Å². The molecule has 0 radical (unpaired) electrons. The third-order valence-electron chi connectivity index (χ3n) is 3.59. The molecule has 0 atom stereocenters. The zero-order valence-corrected chi connectivity index (χ0v) is 14.0. The maximum absolute atomic E-state index is 12.2. The summed E-state index contributed by atoms with van der Waals surface area (Å²) in [6, 6.07) is 0. The first-order valence-electron chi connectivity index (χ1n) is 7.42. The van der Waals surface area contributed by atoms with E-state index in [9.17, 15) is 8.42 Å². The van der Waals surface area contributed by atoms with Crippen LogP contribution < -0.4 is 10.0 Å². The summed E-state index contributed by atoms with van der Waals surface area (Å²) in [5.74, 6) is 2.73. The molecule has 0 spiro atoms. The van der Waals surface area contributed by atoms with Crippen LogP contribution in [0.15, 0.2) is 17.3 Å². The molecule has 1 aliphatic heterocycles. The van der Waals surface area contributed by atoms with Crippen LogP contribution in [0, 0.1) is 5.92 Å². The van der Waals surface area contributed by atoms with Gasteiger partial charge in [-0.1, -0.05) is 6.92 Å². The molecule has 0 aromatic carbocycles. The first kappa shape index (κ1) is 16.8. The highest BCUT2D eigenvalue weighted by atomic mass is 32.2. The van der Waals surface area contributed by atoms with Gasteiger partial charge in [0.15, 0.2) is 0 Å². The third kappa shape index (κ3) is 5.28. The molecule has 0 aliphatic carbocycles. The summed E-state index contributed by atoms with van der Waals surface area (Å²) in [5.41, 5.74) is 0. The van der Waals surface area contributed by atoms with Crippen LogP contribution in [0.25, 0.3) is 0 Å². The predicted octanol–water partition coefficient (Wildman–Crippen LogP) is 0.914. The molecule has 2 heterocycles. The number of sulfonamides is 1. The normalized spacial score (nSPS) is 17.2. The van der Waals surface area contributed by atoms with Crippen molar-refractivity contribution in [3.8, 4) is 0 Å². The lowest BCUT2D eigenvalue weighted by molar-refractivity contribution is 0.476. The molecule has 1 aromatic heterocycles. The second-order valence-corrected chi connectivity index (χ2v) is 8.19. The Morgan fingerprint density at radius 3 is 2.90 bits per heavy atom. The van der Waals surface area contributed by atoms with E-state index < -0.39 is 10.0 Å². The minimum Gasteiger partial charge on any atom is -0.315 e. The summed E-state index contributed by atoms with van der Waals surface area (Å²) >= 11 is 1.94. The average Bonchev–Trinajstić information content (AvgIpc) is 2.96. The van der Waals surface area contributed by atoms with Crippen molar-refractivity contribution in [2.45, 2.75) is 31.2 Å². The number of nitrogens with one attached hydrogen (secondary N) is 2. The van der Waals surface area contributed by atoms with Crippen molar-refractivity contribution >= 4 is 21.8 Å². The van der Waals surface area contributed by atoms with Gasteiger partial charge in [0.1, 0.15) is 4.90 Å². The molecule has 1 aromatic rings. The van der Waals surface area contributed by atoms with Crippen LogP contribution in [-0.4, -0.2) is 49.3 Å². The summed E-state index contributed by atoms with van der Waals surface area (Å²) < 4.78 is 28.8. The molecular weight excluding hydrogens is 308 g/mol. The SMILES string of the molecule is CCNCCn1cc(S(=O)(=O)NCC2CCSCC2)cn1. The fraction of sp³-hybridized carbons (Fsp3) is 0.769. The Morgan fingerprint density at radius 1 is 1.43 bits per heavy atom. The van der Waals surface area contributed by atoms with Crippen molar-refractivity contribution in [2.75, 3.05) is 31.1 Å². The van der Waals surface area contributed by atoms with Crippen molar-refractivity contribution < 1.29 is 8.42 Å². The van der Waals surface area contributed by atoms with Crippen LogP contribution in [0.5, 0.6) is 0 Å². The molecule has 0 bridgehead atoms. The molecule has 2 rings (SSSR count). The molecular formula is C13H24N4O2S2. The molecule has 1 aliphatic rings. The fourth-order valence-corrected chi connectivity index (χ4v) is 4.51. The third-order valence-corrected chi connectivity index (χ3v) is 6.02. The molecule has 8 heteroatoms. The van der Waals surface area contributed by atoms with Crippen molar-refractivity contribution in [3.05, 3.63) is 12.4 Å². The van der Waals surface area contributed by atoms with Crippen molar-refractivity contribution in [2.24, 2.45) is 5.92 Å². The number of hydrogen-bond donors (Lipinski definition) is 2. The van der Waals surface area contributed by atoms with Crippen molar-refractivity contribution in [1.29, 1.82) is 0 Å². The molecule has 1 fully saturated rings. The molecule has 6 nitrogen and oxygen atoms in total. The van der Waals surface area contributed by atoms with Gasteiger partial charge in [-0.15, -0.1) is 0 Å². The highest BCUT2D eigenvalue weighted by Crippen LogP contribution is 2.22. The van der Waals surface area contributed by atoms with Crippen LogP contribution in [-0.2, 0) is 16.6 Å². The minimum atomic E-state index is -3.43. The number of aromatic nitrogens is 2.